The van der Waals surface area contributed by atoms with E-state index in [4.69, 9.17) is 11.6 Å². The van der Waals surface area contributed by atoms with Gasteiger partial charge in [-0.25, -0.2) is 19.2 Å². The second kappa shape index (κ2) is 10.6. The lowest BCUT2D eigenvalue weighted by atomic mass is 9.93. The Labute approximate surface area is 176 Å². The molecule has 0 amide bonds. The zero-order chi connectivity index (χ0) is 20.6. The van der Waals surface area contributed by atoms with Gasteiger partial charge in [-0.2, -0.15) is 0 Å². The predicted octanol–water partition coefficient (Wildman–Crippen LogP) is 3.74. The highest BCUT2D eigenvalue weighted by Gasteiger charge is 2.40. The number of halogens is 2. The standard InChI is InChI=1S/C21H17BrClO4P/c22-20-11-21(19(14-26)17(12-24)18(20)13-25)28(15-27,10-6-2-5-9-23)16-7-3-1-4-8-16/h1,3-4,7-8,11,21H,2,5-6,9-10H2. The lowest BCUT2D eigenvalue weighted by molar-refractivity contribution is 0.562. The normalized spacial score (nSPS) is 18.3. The monoisotopic (exact) mass is 478 g/mol. The minimum Gasteiger partial charge on any atom is -0.234 e. The van der Waals surface area contributed by atoms with Crippen molar-refractivity contribution in [1.29, 1.82) is 0 Å². The largest absolute Gasteiger partial charge is 0.234 e. The van der Waals surface area contributed by atoms with Crippen LogP contribution in [0, 0.1) is 0 Å². The number of hydrogen-bond donors (Lipinski definition) is 0. The summed E-state index contributed by atoms with van der Waals surface area (Å²) in [5.41, 5.74) is 1.19. The Kier molecular flexibility index (Phi) is 8.46. The summed E-state index contributed by atoms with van der Waals surface area (Å²) in [5, 5.41) is 0.772. The molecule has 1 aromatic rings. The van der Waals surface area contributed by atoms with Crippen LogP contribution in [0.3, 0.4) is 0 Å². The van der Waals surface area contributed by atoms with E-state index in [1.807, 2.05) is 30.3 Å². The van der Waals surface area contributed by atoms with Crippen molar-refractivity contribution in [2.45, 2.75) is 24.9 Å². The summed E-state index contributed by atoms with van der Waals surface area (Å²) < 4.78 is 0.307. The average molecular weight is 480 g/mol. The second-order valence-corrected chi connectivity index (χ2v) is 10.9. The third kappa shape index (κ3) is 4.39. The molecule has 2 atom stereocenters. The first kappa shape index (κ1) is 22.4. The second-order valence-electron chi connectivity index (χ2n) is 6.20. The summed E-state index contributed by atoms with van der Waals surface area (Å²) in [4.78, 5) is 47.0. The van der Waals surface area contributed by atoms with Crippen molar-refractivity contribution in [2.24, 2.45) is 0 Å². The molecule has 1 aromatic carbocycles. The first-order valence-electron chi connectivity index (χ1n) is 8.62. The van der Waals surface area contributed by atoms with Crippen LogP contribution in [0.2, 0.25) is 0 Å². The van der Waals surface area contributed by atoms with Crippen molar-refractivity contribution in [3.63, 3.8) is 0 Å². The number of allylic oxidation sites excluding steroid dienone is 5. The zero-order valence-corrected chi connectivity index (χ0v) is 18.1. The fourth-order valence-corrected chi connectivity index (χ4v) is 7.84. The van der Waals surface area contributed by atoms with E-state index in [0.717, 1.165) is 24.6 Å². The Morgan fingerprint density at radius 3 is 2.14 bits per heavy atom. The maximum absolute atomic E-state index is 12.4. The Morgan fingerprint density at radius 2 is 1.61 bits per heavy atom. The van der Waals surface area contributed by atoms with Crippen LogP contribution < -0.4 is 5.30 Å². The molecule has 0 saturated heterocycles. The first-order chi connectivity index (χ1) is 13.6. The molecule has 2 rings (SSSR count). The van der Waals surface area contributed by atoms with Gasteiger partial charge in [0.25, 0.3) is 0 Å². The molecule has 28 heavy (non-hydrogen) atoms. The Bertz CT molecular complexity index is 1000. The molecular weight excluding hydrogens is 463 g/mol. The maximum atomic E-state index is 12.4. The molecule has 0 aliphatic heterocycles. The van der Waals surface area contributed by atoms with Gasteiger partial charge in [-0.05, 0) is 40.2 Å². The van der Waals surface area contributed by atoms with E-state index in [1.54, 1.807) is 23.9 Å². The molecule has 0 heterocycles. The van der Waals surface area contributed by atoms with Crippen LogP contribution in [0.25, 0.3) is 0 Å². The molecule has 0 spiro atoms. The highest BCUT2D eigenvalue weighted by atomic mass is 79.9. The van der Waals surface area contributed by atoms with Gasteiger partial charge in [0.1, 0.15) is 23.5 Å². The van der Waals surface area contributed by atoms with Gasteiger partial charge in [-0.3, -0.25) is 0 Å². The van der Waals surface area contributed by atoms with Gasteiger partial charge >= 0.3 is 0 Å². The molecule has 0 aromatic heterocycles. The lowest BCUT2D eigenvalue weighted by Crippen LogP contribution is -2.26. The molecule has 1 aliphatic rings. The molecule has 4 nitrogen and oxygen atoms in total. The summed E-state index contributed by atoms with van der Waals surface area (Å²) in [6.07, 6.45) is 4.47. The molecule has 144 valence electrons. The van der Waals surface area contributed by atoms with Gasteiger partial charge in [0.15, 0.2) is 0 Å². The first-order valence-corrected chi connectivity index (χ1v) is 12.0. The van der Waals surface area contributed by atoms with Crippen LogP contribution in [-0.2, 0) is 19.2 Å². The van der Waals surface area contributed by atoms with Crippen LogP contribution >= 0.6 is 34.4 Å². The van der Waals surface area contributed by atoms with E-state index in [0.29, 0.717) is 16.5 Å². The summed E-state index contributed by atoms with van der Waals surface area (Å²) in [6.45, 7) is -2.74. The number of unbranched alkanes of at least 4 members (excludes halogenated alkanes) is 2. The predicted molar refractivity (Wildman–Crippen MR) is 117 cm³/mol. The molecule has 0 bridgehead atoms. The van der Waals surface area contributed by atoms with Gasteiger partial charge in [0, 0.05) is 22.9 Å². The SMILES string of the molecule is O=C=C1C(=C=O)C(Br)=CC(P(=C=O)(CCCCCCl)c2ccccc2)C1=C=O. The maximum Gasteiger partial charge on any atom is 0.135 e. The topological polar surface area (TPSA) is 68.3 Å². The smallest absolute Gasteiger partial charge is 0.135 e. The summed E-state index contributed by atoms with van der Waals surface area (Å²) in [7, 11) is 0. The third-order valence-electron chi connectivity index (χ3n) is 4.67. The van der Waals surface area contributed by atoms with Gasteiger partial charge in [0.05, 0.1) is 16.7 Å². The third-order valence-corrected chi connectivity index (χ3v) is 9.52. The minimum absolute atomic E-state index is 0.0468. The van der Waals surface area contributed by atoms with Gasteiger partial charge in [-0.1, -0.05) is 42.8 Å². The van der Waals surface area contributed by atoms with Crippen LogP contribution in [0.1, 0.15) is 19.3 Å². The summed E-state index contributed by atoms with van der Waals surface area (Å²) in [6, 6.07) is 9.14. The van der Waals surface area contributed by atoms with E-state index in [-0.39, 0.29) is 16.7 Å². The van der Waals surface area contributed by atoms with E-state index < -0.39 is 12.5 Å². The number of rotatable bonds is 7. The summed E-state index contributed by atoms with van der Waals surface area (Å²) >= 11 is 9.03. The minimum atomic E-state index is -2.74. The Balaban J connectivity index is 2.74. The van der Waals surface area contributed by atoms with Crippen molar-refractivity contribution < 1.29 is 19.2 Å². The zero-order valence-electron chi connectivity index (χ0n) is 14.9. The highest BCUT2D eigenvalue weighted by molar-refractivity contribution is 9.12. The summed E-state index contributed by atoms with van der Waals surface area (Å²) in [5.74, 6) is 5.63. The van der Waals surface area contributed by atoms with E-state index >= 15 is 0 Å². The van der Waals surface area contributed by atoms with E-state index in [1.165, 1.54) is 0 Å². The van der Waals surface area contributed by atoms with Crippen LogP contribution in [0.5, 0.6) is 0 Å². The highest BCUT2D eigenvalue weighted by Crippen LogP contribution is 2.57. The van der Waals surface area contributed by atoms with Crippen molar-refractivity contribution >= 4 is 63.2 Å². The molecule has 1 aliphatic carbocycles. The molecule has 7 heteroatoms. The molecule has 0 radical (unpaired) electrons. The molecule has 0 saturated carbocycles. The van der Waals surface area contributed by atoms with E-state index in [9.17, 15) is 19.2 Å². The lowest BCUT2D eigenvalue weighted by Gasteiger charge is -2.32. The van der Waals surface area contributed by atoms with Crippen molar-refractivity contribution in [2.75, 3.05) is 12.0 Å². The van der Waals surface area contributed by atoms with Crippen molar-refractivity contribution in [3.05, 3.63) is 57.6 Å². The molecule has 0 fully saturated rings. The fraction of sp³-hybridized carbons (Fsp3) is 0.286. The number of benzene rings is 1. The molecule has 0 N–H and O–H groups in total. The average Bonchev–Trinajstić information content (AvgIpc) is 2.74. The molecule has 2 unspecified atom stereocenters. The fourth-order valence-electron chi connectivity index (χ4n) is 3.28. The Hall–Kier alpha value is -1.91. The Morgan fingerprint density at radius 1 is 0.929 bits per heavy atom. The quantitative estimate of drug-likeness (QED) is 0.259. The van der Waals surface area contributed by atoms with E-state index in [2.05, 4.69) is 21.6 Å². The molecular formula is C21H17BrClO4P. The van der Waals surface area contributed by atoms with Crippen LogP contribution in [0.4, 0.5) is 0 Å². The number of carbonyl (C=O) groups excluding carboxylic acids is 4. The number of alkyl halides is 1. The number of hydrogen-bond acceptors (Lipinski definition) is 4. The van der Waals surface area contributed by atoms with Crippen molar-refractivity contribution in [3.8, 4) is 0 Å². The van der Waals surface area contributed by atoms with Crippen LogP contribution in [-0.4, -0.2) is 41.2 Å². The van der Waals surface area contributed by atoms with Crippen LogP contribution in [0.15, 0.2) is 57.6 Å². The van der Waals surface area contributed by atoms with Gasteiger partial charge in [0.2, 0.25) is 0 Å². The van der Waals surface area contributed by atoms with Crippen molar-refractivity contribution in [1.82, 2.24) is 0 Å². The van der Waals surface area contributed by atoms with Gasteiger partial charge in [-0.15, -0.1) is 11.6 Å². The van der Waals surface area contributed by atoms with Gasteiger partial charge < -0.3 is 0 Å².